The van der Waals surface area contributed by atoms with Crippen LogP contribution in [-0.4, -0.2) is 46.3 Å². The smallest absolute Gasteiger partial charge is 0.287 e. The first-order chi connectivity index (χ1) is 16.4. The summed E-state index contributed by atoms with van der Waals surface area (Å²) < 4.78 is 16.2. The van der Waals surface area contributed by atoms with Gasteiger partial charge in [-0.2, -0.15) is 5.10 Å². The van der Waals surface area contributed by atoms with Crippen LogP contribution < -0.4 is 25.1 Å². The maximum atomic E-state index is 12.9. The van der Waals surface area contributed by atoms with E-state index in [1.165, 1.54) is 19.4 Å². The molecule has 0 atom stereocenters. The Morgan fingerprint density at radius 3 is 2.41 bits per heavy atom. The van der Waals surface area contributed by atoms with Gasteiger partial charge in [0, 0.05) is 37.4 Å². The summed E-state index contributed by atoms with van der Waals surface area (Å²) >= 11 is 0. The lowest BCUT2D eigenvalue weighted by Gasteiger charge is -2.11. The van der Waals surface area contributed by atoms with Gasteiger partial charge in [0.25, 0.3) is 11.8 Å². The summed E-state index contributed by atoms with van der Waals surface area (Å²) in [5, 5.41) is 6.60. The van der Waals surface area contributed by atoms with E-state index in [-0.39, 0.29) is 5.70 Å². The molecule has 0 unspecified atom stereocenters. The molecule has 3 aromatic rings. The number of carbonyl (C=O) groups excluding carboxylic acids is 2. The third-order valence-electron chi connectivity index (χ3n) is 4.68. The van der Waals surface area contributed by atoms with Crippen LogP contribution in [0.4, 0.5) is 5.88 Å². The normalized spacial score (nSPS) is 11.2. The van der Waals surface area contributed by atoms with Crippen LogP contribution >= 0.6 is 0 Å². The molecule has 1 aromatic heterocycles. The number of rotatable bonds is 9. The number of nitrogens with one attached hydrogen (secondary N) is 2. The number of anilines is 1. The number of carbonyl (C=O) groups is 2. The fraction of sp³-hybridized carbons (Fsp3) is 0.160. The van der Waals surface area contributed by atoms with E-state index < -0.39 is 11.8 Å². The maximum absolute atomic E-state index is 12.9. The molecule has 0 bridgehead atoms. The zero-order valence-electron chi connectivity index (χ0n) is 19.4. The summed E-state index contributed by atoms with van der Waals surface area (Å²) in [5.41, 5.74) is 3.35. The van der Waals surface area contributed by atoms with Crippen molar-refractivity contribution < 1.29 is 23.5 Å². The second-order valence-electron chi connectivity index (χ2n) is 7.26. The standard InChI is InChI=1S/C25H26N4O5/c1-29(2)23-13-12-20(34-23)16-26-28-25(31)21(27-24(30)17-8-6-5-7-9-17)14-18-10-11-19(32-3)15-22(18)33-4/h5-16H,1-4H3,(H,27,30)(H,28,31). The Balaban J connectivity index is 1.86. The van der Waals surface area contributed by atoms with E-state index >= 15 is 0 Å². The third-order valence-corrected chi connectivity index (χ3v) is 4.68. The molecule has 0 fully saturated rings. The minimum atomic E-state index is -0.627. The highest BCUT2D eigenvalue weighted by Gasteiger charge is 2.16. The molecular weight excluding hydrogens is 436 g/mol. The van der Waals surface area contributed by atoms with Gasteiger partial charge in [-0.25, -0.2) is 5.43 Å². The number of hydrogen-bond donors (Lipinski definition) is 2. The fourth-order valence-corrected chi connectivity index (χ4v) is 2.90. The van der Waals surface area contributed by atoms with Crippen LogP contribution in [0.5, 0.6) is 11.5 Å². The number of furan rings is 1. The van der Waals surface area contributed by atoms with E-state index in [4.69, 9.17) is 13.9 Å². The number of amides is 2. The Labute approximate surface area is 197 Å². The van der Waals surface area contributed by atoms with Gasteiger partial charge in [0.1, 0.15) is 23.0 Å². The van der Waals surface area contributed by atoms with Crippen molar-refractivity contribution >= 4 is 30.0 Å². The Hall–Kier alpha value is -4.53. The van der Waals surface area contributed by atoms with E-state index in [0.29, 0.717) is 34.3 Å². The van der Waals surface area contributed by atoms with Crippen molar-refractivity contribution in [2.75, 3.05) is 33.2 Å². The fourth-order valence-electron chi connectivity index (χ4n) is 2.90. The highest BCUT2D eigenvalue weighted by atomic mass is 16.5. The van der Waals surface area contributed by atoms with Crippen molar-refractivity contribution in [3.8, 4) is 11.5 Å². The van der Waals surface area contributed by atoms with Crippen molar-refractivity contribution in [3.63, 3.8) is 0 Å². The monoisotopic (exact) mass is 462 g/mol. The molecule has 0 aliphatic rings. The molecule has 34 heavy (non-hydrogen) atoms. The van der Waals surface area contributed by atoms with Crippen molar-refractivity contribution in [1.82, 2.24) is 10.7 Å². The van der Waals surface area contributed by atoms with Crippen LogP contribution in [0.3, 0.4) is 0 Å². The average molecular weight is 463 g/mol. The largest absolute Gasteiger partial charge is 0.497 e. The predicted molar refractivity (Wildman–Crippen MR) is 130 cm³/mol. The number of methoxy groups -OCH3 is 2. The molecule has 2 N–H and O–H groups in total. The summed E-state index contributed by atoms with van der Waals surface area (Å²) in [6.45, 7) is 0. The molecule has 0 saturated heterocycles. The summed E-state index contributed by atoms with van der Waals surface area (Å²) in [5.74, 6) is 1.09. The van der Waals surface area contributed by atoms with Crippen LogP contribution in [0, 0.1) is 0 Å². The SMILES string of the molecule is COc1ccc(C=C(NC(=O)c2ccccc2)C(=O)NN=Cc2ccc(N(C)C)o2)c(OC)c1. The molecule has 1 heterocycles. The van der Waals surface area contributed by atoms with Crippen molar-refractivity contribution in [3.05, 3.63) is 83.2 Å². The van der Waals surface area contributed by atoms with Gasteiger partial charge in [-0.05, 0) is 36.4 Å². The molecule has 0 saturated carbocycles. The zero-order valence-corrected chi connectivity index (χ0v) is 19.4. The predicted octanol–water partition coefficient (Wildman–Crippen LogP) is 3.28. The number of hydrogen-bond acceptors (Lipinski definition) is 7. The van der Waals surface area contributed by atoms with E-state index in [9.17, 15) is 9.59 Å². The van der Waals surface area contributed by atoms with Crippen molar-refractivity contribution in [2.45, 2.75) is 0 Å². The van der Waals surface area contributed by atoms with Crippen LogP contribution in [0.2, 0.25) is 0 Å². The number of ether oxygens (including phenoxy) is 2. The maximum Gasteiger partial charge on any atom is 0.287 e. The Bertz CT molecular complexity index is 1200. The van der Waals surface area contributed by atoms with Gasteiger partial charge in [0.15, 0.2) is 5.88 Å². The van der Waals surface area contributed by atoms with Gasteiger partial charge in [0.2, 0.25) is 0 Å². The van der Waals surface area contributed by atoms with Gasteiger partial charge >= 0.3 is 0 Å². The van der Waals surface area contributed by atoms with E-state index in [1.807, 2.05) is 14.1 Å². The summed E-state index contributed by atoms with van der Waals surface area (Å²) in [4.78, 5) is 27.5. The average Bonchev–Trinajstić information content (AvgIpc) is 3.33. The molecule has 9 nitrogen and oxygen atoms in total. The molecule has 2 amide bonds. The van der Waals surface area contributed by atoms with Gasteiger partial charge in [0.05, 0.1) is 20.4 Å². The molecule has 0 spiro atoms. The summed E-state index contributed by atoms with van der Waals surface area (Å²) in [7, 11) is 6.74. The highest BCUT2D eigenvalue weighted by Crippen LogP contribution is 2.26. The van der Waals surface area contributed by atoms with Gasteiger partial charge < -0.3 is 24.1 Å². The highest BCUT2D eigenvalue weighted by molar-refractivity contribution is 6.05. The molecule has 2 aromatic carbocycles. The molecular formula is C25H26N4O5. The van der Waals surface area contributed by atoms with Crippen molar-refractivity contribution in [1.29, 1.82) is 0 Å². The first kappa shape index (κ1) is 24.1. The first-order valence-electron chi connectivity index (χ1n) is 10.3. The molecule has 9 heteroatoms. The van der Waals surface area contributed by atoms with Crippen LogP contribution in [0.15, 0.2) is 75.9 Å². The first-order valence-corrected chi connectivity index (χ1v) is 10.3. The Morgan fingerprint density at radius 2 is 1.76 bits per heavy atom. The van der Waals surface area contributed by atoms with Crippen LogP contribution in [-0.2, 0) is 4.79 Å². The minimum Gasteiger partial charge on any atom is -0.497 e. The van der Waals surface area contributed by atoms with Gasteiger partial charge in [-0.15, -0.1) is 0 Å². The zero-order chi connectivity index (χ0) is 24.5. The molecule has 0 aliphatic heterocycles. The van der Waals surface area contributed by atoms with Gasteiger partial charge in [-0.3, -0.25) is 9.59 Å². The second kappa shape index (κ2) is 11.4. The quantitative estimate of drug-likeness (QED) is 0.287. The lowest BCUT2D eigenvalue weighted by Crippen LogP contribution is -2.32. The Kier molecular flexibility index (Phi) is 8.07. The topological polar surface area (TPSA) is 105 Å². The van der Waals surface area contributed by atoms with Crippen molar-refractivity contribution in [2.24, 2.45) is 5.10 Å². The molecule has 0 aliphatic carbocycles. The van der Waals surface area contributed by atoms with Crippen LogP contribution in [0.1, 0.15) is 21.7 Å². The lowest BCUT2D eigenvalue weighted by molar-refractivity contribution is -0.117. The van der Waals surface area contributed by atoms with E-state index in [0.717, 1.165) is 0 Å². The number of nitrogens with zero attached hydrogens (tertiary/aromatic N) is 2. The minimum absolute atomic E-state index is 0.0251. The molecule has 3 rings (SSSR count). The third kappa shape index (κ3) is 6.26. The lowest BCUT2D eigenvalue weighted by atomic mass is 10.1. The summed E-state index contributed by atoms with van der Waals surface area (Å²) in [6.07, 6.45) is 2.87. The summed E-state index contributed by atoms with van der Waals surface area (Å²) in [6, 6.07) is 17.2. The van der Waals surface area contributed by atoms with E-state index in [2.05, 4.69) is 15.8 Å². The number of benzene rings is 2. The van der Waals surface area contributed by atoms with E-state index in [1.54, 1.807) is 72.7 Å². The second-order valence-corrected chi connectivity index (χ2v) is 7.26. The number of hydrazone groups is 1. The van der Waals surface area contributed by atoms with Gasteiger partial charge in [-0.1, -0.05) is 18.2 Å². The molecule has 176 valence electrons. The molecule has 0 radical (unpaired) electrons. The Morgan fingerprint density at radius 1 is 1.00 bits per heavy atom. The van der Waals surface area contributed by atoms with Crippen LogP contribution in [0.25, 0.3) is 6.08 Å².